The average Bonchev–Trinajstić information content (AvgIpc) is 2.63. The lowest BCUT2D eigenvalue weighted by molar-refractivity contribution is -0.0179. The van der Waals surface area contributed by atoms with Crippen LogP contribution in [0.3, 0.4) is 0 Å². The van der Waals surface area contributed by atoms with Crippen molar-refractivity contribution in [3.8, 4) is 0 Å². The quantitative estimate of drug-likeness (QED) is 0.254. The summed E-state index contributed by atoms with van der Waals surface area (Å²) in [7, 11) is 0. The molecule has 0 amide bonds. The van der Waals surface area contributed by atoms with Gasteiger partial charge in [-0.25, -0.2) is 4.39 Å². The third kappa shape index (κ3) is 9.34. The zero-order valence-electron chi connectivity index (χ0n) is 16.5. The van der Waals surface area contributed by atoms with Gasteiger partial charge in [-0.1, -0.05) is 15.9 Å². The summed E-state index contributed by atoms with van der Waals surface area (Å²) in [6, 6.07) is 4.93. The molecule has 2 rings (SSSR count). The van der Waals surface area contributed by atoms with Crippen molar-refractivity contribution in [2.75, 3.05) is 52.5 Å². The summed E-state index contributed by atoms with van der Waals surface area (Å²) < 4.78 is 20.0. The van der Waals surface area contributed by atoms with E-state index in [2.05, 4.69) is 36.5 Å². The zero-order valence-corrected chi connectivity index (χ0v) is 20.4. The Morgan fingerprint density at radius 2 is 2.07 bits per heavy atom. The highest BCUT2D eigenvalue weighted by molar-refractivity contribution is 14.0. The fourth-order valence-corrected chi connectivity index (χ4v) is 3.34. The Kier molecular flexibility index (Phi) is 11.8. The smallest absolute Gasteiger partial charge is 0.191 e. The van der Waals surface area contributed by atoms with Crippen LogP contribution in [0, 0.1) is 5.82 Å². The van der Waals surface area contributed by atoms with Gasteiger partial charge in [0, 0.05) is 37.2 Å². The van der Waals surface area contributed by atoms with E-state index in [1.165, 1.54) is 6.07 Å². The minimum atomic E-state index is -0.921. The highest BCUT2D eigenvalue weighted by atomic mass is 127. The summed E-state index contributed by atoms with van der Waals surface area (Å²) in [5.74, 6) is 0.408. The summed E-state index contributed by atoms with van der Waals surface area (Å²) in [5, 5.41) is 17.0. The van der Waals surface area contributed by atoms with Crippen LogP contribution < -0.4 is 10.6 Å². The Hall–Kier alpha value is -0.490. The van der Waals surface area contributed by atoms with Gasteiger partial charge < -0.3 is 20.5 Å². The molecule has 1 unspecified atom stereocenters. The first kappa shape index (κ1) is 25.5. The molecule has 160 valence electrons. The van der Waals surface area contributed by atoms with E-state index in [1.54, 1.807) is 19.1 Å². The molecule has 0 aliphatic carbocycles. The van der Waals surface area contributed by atoms with E-state index >= 15 is 0 Å². The second-order valence-electron chi connectivity index (χ2n) is 6.99. The van der Waals surface area contributed by atoms with Crippen LogP contribution >= 0.6 is 39.9 Å². The number of aliphatic imine (C=N–C) groups is 1. The molecule has 6 nitrogen and oxygen atoms in total. The highest BCUT2D eigenvalue weighted by Crippen LogP contribution is 2.15. The van der Waals surface area contributed by atoms with E-state index in [0.717, 1.165) is 17.6 Å². The summed E-state index contributed by atoms with van der Waals surface area (Å²) in [6.45, 7) is 8.95. The largest absolute Gasteiger partial charge is 0.387 e. The number of guanidine groups is 1. The molecule has 1 atom stereocenters. The Morgan fingerprint density at radius 1 is 1.36 bits per heavy atom. The molecule has 28 heavy (non-hydrogen) atoms. The number of hydrogen-bond donors (Lipinski definition) is 3. The zero-order chi connectivity index (χ0) is 19.7. The topological polar surface area (TPSA) is 69.1 Å². The van der Waals surface area contributed by atoms with Crippen molar-refractivity contribution < 1.29 is 14.2 Å². The number of nitrogens with one attached hydrogen (secondary N) is 2. The molecular weight excluding hydrogens is 542 g/mol. The van der Waals surface area contributed by atoms with Crippen LogP contribution in [0.15, 0.2) is 27.7 Å². The van der Waals surface area contributed by atoms with Crippen molar-refractivity contribution in [1.82, 2.24) is 15.5 Å². The molecule has 1 fully saturated rings. The van der Waals surface area contributed by atoms with Gasteiger partial charge in [-0.2, -0.15) is 0 Å². The lowest BCUT2D eigenvalue weighted by atomic mass is 10.1. The molecule has 1 heterocycles. The first-order valence-electron chi connectivity index (χ1n) is 9.38. The number of β-amino-alcohol motifs (C(OH)–C–C–N with tert-alkyl or cyclic N) is 1. The molecule has 1 aromatic carbocycles. The van der Waals surface area contributed by atoms with Crippen molar-refractivity contribution >= 4 is 45.9 Å². The maximum atomic E-state index is 13.8. The van der Waals surface area contributed by atoms with Crippen LogP contribution in [0.1, 0.15) is 19.4 Å². The van der Waals surface area contributed by atoms with Crippen LogP contribution in [-0.4, -0.2) is 74.0 Å². The van der Waals surface area contributed by atoms with Crippen LogP contribution in [-0.2, 0) is 11.2 Å². The molecule has 1 aromatic rings. The lowest BCUT2D eigenvalue weighted by Crippen LogP contribution is -2.48. The Balaban J connectivity index is 0.00000392. The number of morpholine rings is 1. The number of hydrogen-bond acceptors (Lipinski definition) is 4. The average molecular weight is 573 g/mol. The Morgan fingerprint density at radius 3 is 2.75 bits per heavy atom. The molecule has 1 aliphatic heterocycles. The van der Waals surface area contributed by atoms with E-state index < -0.39 is 5.60 Å². The molecule has 3 N–H and O–H groups in total. The molecule has 1 saturated heterocycles. The van der Waals surface area contributed by atoms with Gasteiger partial charge in [0.1, 0.15) is 5.82 Å². The number of nitrogens with zero attached hydrogens (tertiary/aromatic N) is 2. The van der Waals surface area contributed by atoms with Crippen molar-refractivity contribution in [1.29, 1.82) is 0 Å². The van der Waals surface area contributed by atoms with Gasteiger partial charge in [0.25, 0.3) is 0 Å². The fraction of sp³-hybridized carbons (Fsp3) is 0.632. The number of ether oxygens (including phenoxy) is 1. The summed E-state index contributed by atoms with van der Waals surface area (Å²) >= 11 is 3.37. The monoisotopic (exact) mass is 572 g/mol. The number of halogens is 3. The standard InChI is InChI=1S/C19H30BrFN4O2.HI/c1-3-22-18(23-7-6-15-12-16(20)4-5-17(15)21)24-13-19(2,26)14-25-8-10-27-11-9-25;/h4-5,12,26H,3,6-11,13-14H2,1-2H3,(H2,22,23,24);1H. The van der Waals surface area contributed by atoms with Crippen LogP contribution in [0.2, 0.25) is 0 Å². The second-order valence-corrected chi connectivity index (χ2v) is 7.91. The van der Waals surface area contributed by atoms with Crippen molar-refractivity contribution in [2.24, 2.45) is 4.99 Å². The maximum absolute atomic E-state index is 13.8. The van der Waals surface area contributed by atoms with Gasteiger partial charge in [-0.15, -0.1) is 24.0 Å². The van der Waals surface area contributed by atoms with E-state index in [0.29, 0.717) is 50.8 Å². The Labute approximate surface area is 192 Å². The minimum Gasteiger partial charge on any atom is -0.387 e. The minimum absolute atomic E-state index is 0. The predicted octanol–water partition coefficient (Wildman–Crippen LogP) is 2.39. The third-order valence-corrected chi connectivity index (χ3v) is 4.78. The second kappa shape index (κ2) is 12.9. The van der Waals surface area contributed by atoms with Gasteiger partial charge in [0.05, 0.1) is 25.4 Å². The van der Waals surface area contributed by atoms with E-state index in [4.69, 9.17) is 4.74 Å². The molecule has 0 aromatic heterocycles. The normalized spacial score (nSPS) is 17.5. The first-order chi connectivity index (χ1) is 12.9. The third-order valence-electron chi connectivity index (χ3n) is 4.28. The van der Waals surface area contributed by atoms with Gasteiger partial charge in [0.15, 0.2) is 5.96 Å². The van der Waals surface area contributed by atoms with Crippen LogP contribution in [0.5, 0.6) is 0 Å². The fourth-order valence-electron chi connectivity index (χ4n) is 2.93. The number of rotatable bonds is 8. The van der Waals surface area contributed by atoms with E-state index in [-0.39, 0.29) is 36.3 Å². The number of aliphatic hydroxyl groups is 1. The predicted molar refractivity (Wildman–Crippen MR) is 125 cm³/mol. The molecule has 1 aliphatic rings. The van der Waals surface area contributed by atoms with Crippen molar-refractivity contribution in [3.63, 3.8) is 0 Å². The van der Waals surface area contributed by atoms with Crippen molar-refractivity contribution in [2.45, 2.75) is 25.9 Å². The first-order valence-corrected chi connectivity index (χ1v) is 10.2. The maximum Gasteiger partial charge on any atom is 0.191 e. The molecular formula is C19H31BrFIN4O2. The number of benzene rings is 1. The summed E-state index contributed by atoms with van der Waals surface area (Å²) in [6.07, 6.45) is 0.542. The van der Waals surface area contributed by atoms with E-state index in [1.807, 2.05) is 6.92 Å². The lowest BCUT2D eigenvalue weighted by Gasteiger charge is -2.33. The highest BCUT2D eigenvalue weighted by Gasteiger charge is 2.25. The van der Waals surface area contributed by atoms with Crippen molar-refractivity contribution in [3.05, 3.63) is 34.1 Å². The molecule has 0 saturated carbocycles. The van der Waals surface area contributed by atoms with E-state index in [9.17, 15) is 9.50 Å². The van der Waals surface area contributed by atoms with Crippen LogP contribution in [0.25, 0.3) is 0 Å². The Bertz CT molecular complexity index is 628. The van der Waals surface area contributed by atoms with Gasteiger partial charge >= 0.3 is 0 Å². The SMILES string of the molecule is CCNC(=NCC(C)(O)CN1CCOCC1)NCCc1cc(Br)ccc1F.I. The molecule has 9 heteroatoms. The summed E-state index contributed by atoms with van der Waals surface area (Å²) in [5.41, 5.74) is -0.275. The molecule has 0 spiro atoms. The van der Waals surface area contributed by atoms with Gasteiger partial charge in [0.2, 0.25) is 0 Å². The molecule has 0 bridgehead atoms. The molecule has 0 radical (unpaired) electrons. The van der Waals surface area contributed by atoms with Gasteiger partial charge in [-0.05, 0) is 44.0 Å². The van der Waals surface area contributed by atoms with Gasteiger partial charge in [-0.3, -0.25) is 9.89 Å². The van der Waals surface area contributed by atoms with Crippen LogP contribution in [0.4, 0.5) is 4.39 Å². The summed E-state index contributed by atoms with van der Waals surface area (Å²) in [4.78, 5) is 6.70.